The predicted molar refractivity (Wildman–Crippen MR) is 77.1 cm³/mol. The lowest BCUT2D eigenvalue weighted by atomic mass is 10.1. The number of nitrogens with zero attached hydrogens (tertiary/aromatic N) is 2. The van der Waals surface area contributed by atoms with Crippen molar-refractivity contribution in [2.24, 2.45) is 0 Å². The van der Waals surface area contributed by atoms with Crippen molar-refractivity contribution in [3.05, 3.63) is 41.7 Å². The third kappa shape index (κ3) is 3.44. The molecule has 0 unspecified atom stereocenters. The van der Waals surface area contributed by atoms with Crippen molar-refractivity contribution in [3.63, 3.8) is 0 Å². The minimum atomic E-state index is 0.312. The Balaban J connectivity index is 2.21. The Morgan fingerprint density at radius 1 is 1.11 bits per heavy atom. The van der Waals surface area contributed by atoms with Crippen molar-refractivity contribution < 1.29 is 9.47 Å². The Kier molecular flexibility index (Phi) is 4.74. The van der Waals surface area contributed by atoms with Crippen LogP contribution in [0.5, 0.6) is 17.5 Å². The maximum Gasteiger partial charge on any atom is 0.322 e. The Labute approximate surface area is 120 Å². The van der Waals surface area contributed by atoms with Gasteiger partial charge >= 0.3 is 6.01 Å². The summed E-state index contributed by atoms with van der Waals surface area (Å²) in [5.74, 6) is 1.30. The normalized spacial score (nSPS) is 10.3. The molecule has 2 rings (SSSR count). The van der Waals surface area contributed by atoms with Gasteiger partial charge in [-0.15, -0.1) is 0 Å². The van der Waals surface area contributed by atoms with Crippen LogP contribution in [-0.4, -0.2) is 17.1 Å². The fourth-order valence-electron chi connectivity index (χ4n) is 1.58. The van der Waals surface area contributed by atoms with E-state index in [1.165, 1.54) is 5.56 Å². The van der Waals surface area contributed by atoms with Gasteiger partial charge in [0.1, 0.15) is 0 Å². The molecule has 19 heavy (non-hydrogen) atoms. The third-order valence-corrected chi connectivity index (χ3v) is 3.32. The van der Waals surface area contributed by atoms with Gasteiger partial charge in [-0.05, 0) is 29.7 Å². The van der Waals surface area contributed by atoms with Gasteiger partial charge in [0.15, 0.2) is 11.5 Å². The van der Waals surface area contributed by atoms with Gasteiger partial charge in [-0.2, -0.15) is 0 Å². The van der Waals surface area contributed by atoms with E-state index in [9.17, 15) is 0 Å². The lowest BCUT2D eigenvalue weighted by Crippen LogP contribution is -1.96. The largest absolute Gasteiger partial charge is 0.493 e. The van der Waals surface area contributed by atoms with Crippen LogP contribution in [-0.2, 0) is 11.8 Å². The summed E-state index contributed by atoms with van der Waals surface area (Å²) in [5, 5.41) is 0.724. The first kappa shape index (κ1) is 13.8. The van der Waals surface area contributed by atoms with Crippen LogP contribution in [0.15, 0.2) is 30.6 Å². The van der Waals surface area contributed by atoms with Gasteiger partial charge in [0.2, 0.25) is 0 Å². The van der Waals surface area contributed by atoms with Crippen LogP contribution in [0.3, 0.4) is 0 Å². The summed E-state index contributed by atoms with van der Waals surface area (Å²) in [5.41, 5.74) is 2.19. The molecule has 0 aliphatic rings. The molecular formula is C14H15BrN2O2. The maximum absolute atomic E-state index is 5.64. The molecule has 4 nitrogen and oxygen atoms in total. The summed E-state index contributed by atoms with van der Waals surface area (Å²) in [6, 6.07) is 6.15. The Bertz CT molecular complexity index is 544. The zero-order valence-electron chi connectivity index (χ0n) is 10.9. The molecule has 0 saturated heterocycles. The van der Waals surface area contributed by atoms with Crippen molar-refractivity contribution in [2.75, 3.05) is 7.11 Å². The molecule has 1 heterocycles. The Morgan fingerprint density at radius 2 is 1.84 bits per heavy atom. The monoisotopic (exact) mass is 322 g/mol. The summed E-state index contributed by atoms with van der Waals surface area (Å²) < 4.78 is 11.0. The van der Waals surface area contributed by atoms with Crippen LogP contribution in [0.2, 0.25) is 0 Å². The van der Waals surface area contributed by atoms with E-state index in [0.717, 1.165) is 17.3 Å². The average molecular weight is 323 g/mol. The first-order valence-electron chi connectivity index (χ1n) is 5.98. The highest BCUT2D eigenvalue weighted by Crippen LogP contribution is 2.31. The number of benzene rings is 1. The molecule has 0 aliphatic heterocycles. The quantitative estimate of drug-likeness (QED) is 0.787. The van der Waals surface area contributed by atoms with E-state index in [1.807, 2.05) is 18.2 Å². The fourth-order valence-corrected chi connectivity index (χ4v) is 1.87. The third-order valence-electron chi connectivity index (χ3n) is 2.67. The van der Waals surface area contributed by atoms with Gasteiger partial charge in [-0.25, -0.2) is 9.97 Å². The molecule has 0 atom stereocenters. The molecule has 0 radical (unpaired) electrons. The van der Waals surface area contributed by atoms with Crippen LogP contribution < -0.4 is 9.47 Å². The lowest BCUT2D eigenvalue weighted by molar-refractivity contribution is 0.367. The minimum Gasteiger partial charge on any atom is -0.493 e. The van der Waals surface area contributed by atoms with Crippen molar-refractivity contribution in [3.8, 4) is 17.5 Å². The van der Waals surface area contributed by atoms with E-state index in [4.69, 9.17) is 9.47 Å². The van der Waals surface area contributed by atoms with E-state index in [0.29, 0.717) is 17.5 Å². The molecule has 2 aromatic rings. The van der Waals surface area contributed by atoms with Crippen LogP contribution >= 0.6 is 15.9 Å². The molecule has 1 aromatic heterocycles. The number of rotatable bonds is 5. The van der Waals surface area contributed by atoms with Gasteiger partial charge in [-0.3, -0.25) is 0 Å². The zero-order chi connectivity index (χ0) is 13.7. The molecule has 0 aliphatic carbocycles. The topological polar surface area (TPSA) is 44.2 Å². The van der Waals surface area contributed by atoms with E-state index in [2.05, 4.69) is 32.8 Å². The van der Waals surface area contributed by atoms with E-state index in [-0.39, 0.29) is 0 Å². The van der Waals surface area contributed by atoms with Crippen LogP contribution in [0.25, 0.3) is 0 Å². The summed E-state index contributed by atoms with van der Waals surface area (Å²) in [6.07, 6.45) is 4.40. The SMILES string of the molecule is CCc1ccc(Oc2ncc(CBr)cn2)c(OC)c1. The number of methoxy groups -OCH3 is 1. The summed E-state index contributed by atoms with van der Waals surface area (Å²) in [7, 11) is 1.62. The highest BCUT2D eigenvalue weighted by atomic mass is 79.9. The number of hydrogen-bond acceptors (Lipinski definition) is 4. The van der Waals surface area contributed by atoms with Gasteiger partial charge in [-0.1, -0.05) is 28.9 Å². The molecule has 5 heteroatoms. The predicted octanol–water partition coefficient (Wildman–Crippen LogP) is 3.73. The summed E-state index contributed by atoms with van der Waals surface area (Å²) in [6.45, 7) is 2.09. The lowest BCUT2D eigenvalue weighted by Gasteiger charge is -2.10. The molecule has 0 spiro atoms. The number of aromatic nitrogens is 2. The summed E-state index contributed by atoms with van der Waals surface area (Å²) >= 11 is 3.35. The molecule has 1 aromatic carbocycles. The number of halogens is 1. The smallest absolute Gasteiger partial charge is 0.322 e. The Morgan fingerprint density at radius 3 is 2.42 bits per heavy atom. The van der Waals surface area contributed by atoms with Gasteiger partial charge in [0.05, 0.1) is 7.11 Å². The van der Waals surface area contributed by atoms with E-state index >= 15 is 0 Å². The number of alkyl halides is 1. The maximum atomic E-state index is 5.64. The van der Waals surface area contributed by atoms with Crippen LogP contribution in [0.1, 0.15) is 18.1 Å². The molecule has 0 saturated carbocycles. The molecule has 0 amide bonds. The van der Waals surface area contributed by atoms with Crippen LogP contribution in [0.4, 0.5) is 0 Å². The molecule has 100 valence electrons. The first-order chi connectivity index (χ1) is 9.26. The van der Waals surface area contributed by atoms with Gasteiger partial charge < -0.3 is 9.47 Å². The van der Waals surface area contributed by atoms with Crippen molar-refractivity contribution in [1.82, 2.24) is 9.97 Å². The molecule has 0 N–H and O–H groups in total. The second-order valence-corrected chi connectivity index (χ2v) is 4.51. The fraction of sp³-hybridized carbons (Fsp3) is 0.286. The number of aryl methyl sites for hydroxylation is 1. The van der Waals surface area contributed by atoms with E-state index < -0.39 is 0 Å². The summed E-state index contributed by atoms with van der Waals surface area (Å²) in [4.78, 5) is 8.29. The zero-order valence-corrected chi connectivity index (χ0v) is 12.5. The van der Waals surface area contributed by atoms with Crippen molar-refractivity contribution >= 4 is 15.9 Å². The van der Waals surface area contributed by atoms with Gasteiger partial charge in [0.25, 0.3) is 0 Å². The molecule has 0 bridgehead atoms. The van der Waals surface area contributed by atoms with Crippen molar-refractivity contribution in [2.45, 2.75) is 18.7 Å². The second kappa shape index (κ2) is 6.52. The highest BCUT2D eigenvalue weighted by Gasteiger charge is 2.08. The molecule has 0 fully saturated rings. The average Bonchev–Trinajstić information content (AvgIpc) is 2.48. The minimum absolute atomic E-state index is 0.312. The number of hydrogen-bond donors (Lipinski definition) is 0. The number of ether oxygens (including phenoxy) is 2. The standard InChI is InChI=1S/C14H15BrN2O2/c1-3-10-4-5-12(13(6-10)18-2)19-14-16-8-11(7-15)9-17-14/h4-6,8-9H,3,7H2,1-2H3. The Hall–Kier alpha value is -1.62. The first-order valence-corrected chi connectivity index (χ1v) is 7.10. The van der Waals surface area contributed by atoms with Crippen LogP contribution in [0, 0.1) is 0 Å². The highest BCUT2D eigenvalue weighted by molar-refractivity contribution is 9.08. The van der Waals surface area contributed by atoms with Gasteiger partial charge in [0, 0.05) is 17.7 Å². The molecular weight excluding hydrogens is 308 g/mol. The second-order valence-electron chi connectivity index (χ2n) is 3.95. The van der Waals surface area contributed by atoms with Crippen molar-refractivity contribution in [1.29, 1.82) is 0 Å². The van der Waals surface area contributed by atoms with E-state index in [1.54, 1.807) is 19.5 Å².